The van der Waals surface area contributed by atoms with Crippen molar-refractivity contribution in [2.75, 3.05) is 13.1 Å². The Morgan fingerprint density at radius 2 is 2.22 bits per heavy atom. The number of aromatic nitrogens is 3. The molecular weight excluding hydrogens is 333 g/mol. The van der Waals surface area contributed by atoms with E-state index >= 15 is 0 Å². The van der Waals surface area contributed by atoms with Crippen molar-refractivity contribution < 1.29 is 0 Å². The number of halogens is 2. The number of likely N-dealkylation sites (tertiary alicyclic amines) is 1. The van der Waals surface area contributed by atoms with E-state index in [0.29, 0.717) is 23.5 Å². The van der Waals surface area contributed by atoms with E-state index in [1.165, 1.54) is 24.7 Å². The van der Waals surface area contributed by atoms with E-state index < -0.39 is 0 Å². The minimum atomic E-state index is 0. The molecule has 1 saturated heterocycles. The highest BCUT2D eigenvalue weighted by Crippen LogP contribution is 2.27. The van der Waals surface area contributed by atoms with Gasteiger partial charge in [-0.25, -0.2) is 9.67 Å². The maximum absolute atomic E-state index is 6.16. The van der Waals surface area contributed by atoms with Crippen molar-refractivity contribution in [1.29, 1.82) is 0 Å². The van der Waals surface area contributed by atoms with Crippen LogP contribution in [0.15, 0.2) is 30.9 Å². The Morgan fingerprint density at radius 3 is 2.91 bits per heavy atom. The van der Waals surface area contributed by atoms with Crippen LogP contribution >= 0.6 is 24.0 Å². The van der Waals surface area contributed by atoms with Crippen molar-refractivity contribution in [1.82, 2.24) is 19.7 Å². The zero-order valence-corrected chi connectivity index (χ0v) is 14.8. The van der Waals surface area contributed by atoms with Crippen molar-refractivity contribution in [3.05, 3.63) is 41.4 Å². The lowest BCUT2D eigenvalue weighted by atomic mass is 9.90. The first-order valence-electron chi connectivity index (χ1n) is 7.76. The van der Waals surface area contributed by atoms with Gasteiger partial charge in [0.05, 0.1) is 5.69 Å². The standard InChI is InChI=1S/C16H22ClN5.ClH/c1-12-3-2-6-21(16(12)8-18)9-13-4-5-14(17)7-15(13)22-11-19-10-20-22;/h4-5,7,10-12,16H,2-3,6,8-9,18H2,1H3;1H. The van der Waals surface area contributed by atoms with E-state index in [9.17, 15) is 0 Å². The largest absolute Gasteiger partial charge is 0.329 e. The summed E-state index contributed by atoms with van der Waals surface area (Å²) in [5, 5.41) is 4.94. The summed E-state index contributed by atoms with van der Waals surface area (Å²) in [5.74, 6) is 0.640. The molecule has 1 aromatic carbocycles. The molecule has 0 bridgehead atoms. The molecule has 0 saturated carbocycles. The topological polar surface area (TPSA) is 60.0 Å². The highest BCUT2D eigenvalue weighted by atomic mass is 35.5. The van der Waals surface area contributed by atoms with Gasteiger partial charge in [0.1, 0.15) is 12.7 Å². The molecule has 2 unspecified atom stereocenters. The molecule has 2 aromatic rings. The lowest BCUT2D eigenvalue weighted by Gasteiger charge is -2.39. The van der Waals surface area contributed by atoms with E-state index in [1.807, 2.05) is 12.1 Å². The summed E-state index contributed by atoms with van der Waals surface area (Å²) in [5.41, 5.74) is 8.19. The van der Waals surface area contributed by atoms with E-state index in [0.717, 1.165) is 18.8 Å². The first-order valence-corrected chi connectivity index (χ1v) is 8.14. The van der Waals surface area contributed by atoms with E-state index in [1.54, 1.807) is 11.0 Å². The molecule has 0 spiro atoms. The summed E-state index contributed by atoms with van der Waals surface area (Å²) >= 11 is 6.16. The van der Waals surface area contributed by atoms with Gasteiger partial charge in [0, 0.05) is 24.2 Å². The van der Waals surface area contributed by atoms with Crippen LogP contribution in [-0.4, -0.2) is 38.8 Å². The zero-order valence-electron chi connectivity index (χ0n) is 13.2. The quantitative estimate of drug-likeness (QED) is 0.915. The van der Waals surface area contributed by atoms with Crippen molar-refractivity contribution in [2.45, 2.75) is 32.4 Å². The number of nitrogens with zero attached hydrogens (tertiary/aromatic N) is 4. The average molecular weight is 356 g/mol. The predicted molar refractivity (Wildman–Crippen MR) is 95.3 cm³/mol. The third-order valence-corrected chi connectivity index (χ3v) is 4.79. The van der Waals surface area contributed by atoms with Gasteiger partial charge < -0.3 is 5.73 Å². The molecule has 0 aliphatic carbocycles. The van der Waals surface area contributed by atoms with Crippen LogP contribution in [0.5, 0.6) is 0 Å². The summed E-state index contributed by atoms with van der Waals surface area (Å²) in [6.45, 7) is 4.95. The van der Waals surface area contributed by atoms with Crippen LogP contribution in [0.1, 0.15) is 25.3 Å². The Labute approximate surface area is 148 Å². The number of rotatable bonds is 4. The van der Waals surface area contributed by atoms with Crippen LogP contribution in [0.2, 0.25) is 5.02 Å². The second-order valence-corrected chi connectivity index (χ2v) is 6.44. The van der Waals surface area contributed by atoms with Gasteiger partial charge in [0.25, 0.3) is 0 Å². The van der Waals surface area contributed by atoms with Crippen LogP contribution < -0.4 is 5.73 Å². The molecule has 2 atom stereocenters. The summed E-state index contributed by atoms with van der Waals surface area (Å²) in [6.07, 6.45) is 5.73. The zero-order chi connectivity index (χ0) is 15.5. The van der Waals surface area contributed by atoms with Crippen molar-refractivity contribution >= 4 is 24.0 Å². The molecule has 23 heavy (non-hydrogen) atoms. The highest BCUT2D eigenvalue weighted by Gasteiger charge is 2.27. The molecule has 5 nitrogen and oxygen atoms in total. The number of benzene rings is 1. The number of piperidine rings is 1. The van der Waals surface area contributed by atoms with E-state index in [4.69, 9.17) is 17.3 Å². The second kappa shape index (κ2) is 8.11. The van der Waals surface area contributed by atoms with Crippen molar-refractivity contribution in [2.24, 2.45) is 11.7 Å². The molecule has 1 aliphatic heterocycles. The molecule has 1 fully saturated rings. The number of hydrogen-bond donors (Lipinski definition) is 1. The Kier molecular flexibility index (Phi) is 6.41. The molecule has 7 heteroatoms. The second-order valence-electron chi connectivity index (χ2n) is 6.01. The average Bonchev–Trinajstić information content (AvgIpc) is 3.03. The first-order chi connectivity index (χ1) is 10.7. The SMILES string of the molecule is CC1CCCN(Cc2ccc(Cl)cc2-n2cncn2)C1CN.Cl. The van der Waals surface area contributed by atoms with Crippen molar-refractivity contribution in [3.63, 3.8) is 0 Å². The van der Waals surface area contributed by atoms with Crippen LogP contribution in [-0.2, 0) is 6.54 Å². The highest BCUT2D eigenvalue weighted by molar-refractivity contribution is 6.30. The molecule has 0 amide bonds. The molecular formula is C16H23Cl2N5. The fourth-order valence-corrected chi connectivity index (χ4v) is 3.51. The maximum atomic E-state index is 6.16. The van der Waals surface area contributed by atoms with Crippen LogP contribution in [0.4, 0.5) is 0 Å². The van der Waals surface area contributed by atoms with Gasteiger partial charge >= 0.3 is 0 Å². The van der Waals surface area contributed by atoms with Crippen LogP contribution in [0.25, 0.3) is 5.69 Å². The van der Waals surface area contributed by atoms with Gasteiger partial charge in [-0.2, -0.15) is 5.10 Å². The van der Waals surface area contributed by atoms with Crippen molar-refractivity contribution in [3.8, 4) is 5.69 Å². The predicted octanol–water partition coefficient (Wildman–Crippen LogP) is 2.90. The lowest BCUT2D eigenvalue weighted by Crippen LogP contribution is -2.48. The Morgan fingerprint density at radius 1 is 1.39 bits per heavy atom. The normalized spacial score (nSPS) is 21.9. The third-order valence-electron chi connectivity index (χ3n) is 4.56. The molecule has 1 aromatic heterocycles. The van der Waals surface area contributed by atoms with Gasteiger partial charge in [-0.1, -0.05) is 24.6 Å². The maximum Gasteiger partial charge on any atom is 0.138 e. The summed E-state index contributed by atoms with van der Waals surface area (Å²) in [6, 6.07) is 6.39. The molecule has 2 heterocycles. The summed E-state index contributed by atoms with van der Waals surface area (Å²) in [7, 11) is 0. The number of hydrogen-bond acceptors (Lipinski definition) is 4. The third kappa shape index (κ3) is 4.04. The van der Waals surface area contributed by atoms with E-state index in [-0.39, 0.29) is 12.4 Å². The fraction of sp³-hybridized carbons (Fsp3) is 0.500. The van der Waals surface area contributed by atoms with Crippen LogP contribution in [0, 0.1) is 5.92 Å². The molecule has 2 N–H and O–H groups in total. The van der Waals surface area contributed by atoms with E-state index in [2.05, 4.69) is 28.0 Å². The molecule has 0 radical (unpaired) electrons. The molecule has 126 valence electrons. The Hall–Kier alpha value is -1.14. The van der Waals surface area contributed by atoms with Gasteiger partial charge in [-0.05, 0) is 43.0 Å². The minimum Gasteiger partial charge on any atom is -0.329 e. The van der Waals surface area contributed by atoms with Gasteiger partial charge in [0.15, 0.2) is 0 Å². The molecule has 1 aliphatic rings. The van der Waals surface area contributed by atoms with Gasteiger partial charge in [-0.3, -0.25) is 4.90 Å². The molecule has 3 rings (SSSR count). The smallest absolute Gasteiger partial charge is 0.138 e. The number of nitrogens with two attached hydrogens (primary N) is 1. The van der Waals surface area contributed by atoms with Gasteiger partial charge in [0.2, 0.25) is 0 Å². The Bertz CT molecular complexity index is 617. The summed E-state index contributed by atoms with van der Waals surface area (Å²) < 4.78 is 1.77. The first kappa shape index (κ1) is 18.2. The Balaban J connectivity index is 0.00000192. The van der Waals surface area contributed by atoms with Crippen LogP contribution in [0.3, 0.4) is 0 Å². The lowest BCUT2D eigenvalue weighted by molar-refractivity contribution is 0.0990. The summed E-state index contributed by atoms with van der Waals surface area (Å²) in [4.78, 5) is 6.52. The fourth-order valence-electron chi connectivity index (χ4n) is 3.35. The minimum absolute atomic E-state index is 0. The monoisotopic (exact) mass is 355 g/mol. The van der Waals surface area contributed by atoms with Gasteiger partial charge in [-0.15, -0.1) is 12.4 Å².